The van der Waals surface area contributed by atoms with E-state index in [1.54, 1.807) is 17.8 Å². The summed E-state index contributed by atoms with van der Waals surface area (Å²) in [7, 11) is 0. The van der Waals surface area contributed by atoms with Crippen LogP contribution in [0.4, 0.5) is 4.39 Å². The standard InChI is InChI=1S/C16H18FNO3S/c17-10-2-3-13-11(8-10)12(4-7-22-13)18-14(19)9-16(15(20)21)5-1-6-16/h2-3,8,12H,1,4-7,9H2,(H,18,19)(H,20,21). The SMILES string of the molecule is O=C(CC1(C(=O)O)CCC1)NC1CCSc2ccc(F)cc21. The van der Waals surface area contributed by atoms with Crippen LogP contribution in [0.2, 0.25) is 0 Å². The minimum atomic E-state index is -0.891. The fourth-order valence-electron chi connectivity index (χ4n) is 3.14. The summed E-state index contributed by atoms with van der Waals surface area (Å²) in [6, 6.07) is 4.38. The normalized spacial score (nSPS) is 22.3. The Balaban J connectivity index is 1.70. The third-order valence-electron chi connectivity index (χ3n) is 4.61. The number of fused-ring (bicyclic) bond motifs is 1. The molecule has 22 heavy (non-hydrogen) atoms. The van der Waals surface area contributed by atoms with Gasteiger partial charge in [-0.2, -0.15) is 0 Å². The number of hydrogen-bond acceptors (Lipinski definition) is 3. The van der Waals surface area contributed by atoms with E-state index in [2.05, 4.69) is 5.32 Å². The third kappa shape index (κ3) is 2.84. The van der Waals surface area contributed by atoms with Gasteiger partial charge in [0.25, 0.3) is 0 Å². The molecule has 1 amide bonds. The largest absolute Gasteiger partial charge is 0.481 e. The second-order valence-electron chi connectivity index (χ2n) is 6.06. The molecule has 0 saturated heterocycles. The van der Waals surface area contributed by atoms with E-state index in [1.807, 2.05) is 0 Å². The van der Waals surface area contributed by atoms with Crippen LogP contribution < -0.4 is 5.32 Å². The van der Waals surface area contributed by atoms with Gasteiger partial charge in [-0.1, -0.05) is 6.42 Å². The molecule has 118 valence electrons. The molecule has 1 heterocycles. The van der Waals surface area contributed by atoms with Gasteiger partial charge >= 0.3 is 5.97 Å². The number of carbonyl (C=O) groups is 2. The zero-order chi connectivity index (χ0) is 15.7. The summed E-state index contributed by atoms with van der Waals surface area (Å²) in [5, 5.41) is 12.2. The van der Waals surface area contributed by atoms with Crippen molar-refractivity contribution in [2.75, 3.05) is 5.75 Å². The third-order valence-corrected chi connectivity index (χ3v) is 5.73. The summed E-state index contributed by atoms with van der Waals surface area (Å²) in [6.45, 7) is 0. The van der Waals surface area contributed by atoms with Gasteiger partial charge in [0.2, 0.25) is 5.91 Å². The fourth-order valence-corrected chi connectivity index (χ4v) is 4.24. The zero-order valence-electron chi connectivity index (χ0n) is 12.1. The predicted octanol–water partition coefficient (Wildman–Crippen LogP) is 3.12. The number of thioether (sulfide) groups is 1. The zero-order valence-corrected chi connectivity index (χ0v) is 12.9. The Kier molecular flexibility index (Phi) is 4.12. The summed E-state index contributed by atoms with van der Waals surface area (Å²) >= 11 is 1.65. The first-order valence-electron chi connectivity index (χ1n) is 7.45. The van der Waals surface area contributed by atoms with Crippen LogP contribution in [0, 0.1) is 11.2 Å². The van der Waals surface area contributed by atoms with Crippen LogP contribution >= 0.6 is 11.8 Å². The fraction of sp³-hybridized carbons (Fsp3) is 0.500. The molecule has 1 aromatic rings. The molecule has 2 aliphatic rings. The average Bonchev–Trinajstić information content (AvgIpc) is 2.43. The lowest BCUT2D eigenvalue weighted by Gasteiger charge is -2.37. The molecule has 0 radical (unpaired) electrons. The van der Waals surface area contributed by atoms with Gasteiger partial charge in [-0.3, -0.25) is 9.59 Å². The molecule has 6 heteroatoms. The summed E-state index contributed by atoms with van der Waals surface area (Å²) in [5.41, 5.74) is -0.0965. The second-order valence-corrected chi connectivity index (χ2v) is 7.19. The van der Waals surface area contributed by atoms with E-state index in [1.165, 1.54) is 12.1 Å². The molecule has 1 aliphatic heterocycles. The van der Waals surface area contributed by atoms with Gasteiger partial charge in [0, 0.05) is 17.1 Å². The molecule has 4 nitrogen and oxygen atoms in total. The van der Waals surface area contributed by atoms with Crippen LogP contribution in [0.5, 0.6) is 0 Å². The van der Waals surface area contributed by atoms with Gasteiger partial charge in [0.05, 0.1) is 11.5 Å². The van der Waals surface area contributed by atoms with E-state index in [0.717, 1.165) is 29.1 Å². The number of halogens is 1. The number of hydrogen-bond donors (Lipinski definition) is 2. The quantitative estimate of drug-likeness (QED) is 0.893. The van der Waals surface area contributed by atoms with Crippen LogP contribution in [0.3, 0.4) is 0 Å². The highest BCUT2D eigenvalue weighted by atomic mass is 32.2. The van der Waals surface area contributed by atoms with Crippen molar-refractivity contribution in [3.63, 3.8) is 0 Å². The molecule has 1 unspecified atom stereocenters. The van der Waals surface area contributed by atoms with Crippen LogP contribution in [0.15, 0.2) is 23.1 Å². The number of carboxylic acids is 1. The van der Waals surface area contributed by atoms with Crippen LogP contribution in [0.25, 0.3) is 0 Å². The van der Waals surface area contributed by atoms with E-state index < -0.39 is 11.4 Å². The highest BCUT2D eigenvalue weighted by Crippen LogP contribution is 2.44. The first-order valence-corrected chi connectivity index (χ1v) is 8.44. The van der Waals surface area contributed by atoms with Gasteiger partial charge in [0.1, 0.15) is 5.82 Å². The van der Waals surface area contributed by atoms with Gasteiger partial charge in [0.15, 0.2) is 0 Å². The van der Waals surface area contributed by atoms with Crippen LogP contribution in [0.1, 0.15) is 43.7 Å². The van der Waals surface area contributed by atoms with Crippen molar-refractivity contribution >= 4 is 23.6 Å². The van der Waals surface area contributed by atoms with Crippen molar-refractivity contribution in [2.45, 2.75) is 43.0 Å². The molecule has 1 saturated carbocycles. The van der Waals surface area contributed by atoms with Crippen LogP contribution in [-0.4, -0.2) is 22.7 Å². The number of aliphatic carboxylic acids is 1. The predicted molar refractivity (Wildman–Crippen MR) is 81.2 cm³/mol. The molecule has 0 spiro atoms. The first kappa shape index (κ1) is 15.3. The molecule has 1 fully saturated rings. The van der Waals surface area contributed by atoms with Gasteiger partial charge in [-0.05, 0) is 43.0 Å². The van der Waals surface area contributed by atoms with E-state index in [0.29, 0.717) is 12.8 Å². The van der Waals surface area contributed by atoms with Gasteiger partial charge in [-0.25, -0.2) is 4.39 Å². The minimum absolute atomic E-state index is 0.0105. The van der Waals surface area contributed by atoms with E-state index in [9.17, 15) is 19.1 Å². The lowest BCUT2D eigenvalue weighted by atomic mass is 9.66. The maximum absolute atomic E-state index is 13.4. The summed E-state index contributed by atoms with van der Waals surface area (Å²) in [6.07, 6.45) is 2.71. The molecule has 0 bridgehead atoms. The summed E-state index contributed by atoms with van der Waals surface area (Å²) in [5.74, 6) is -0.608. The number of rotatable bonds is 4. The molecular formula is C16H18FNO3S. The van der Waals surface area contributed by atoms with Crippen molar-refractivity contribution in [3.05, 3.63) is 29.6 Å². The Bertz CT molecular complexity index is 615. The summed E-state index contributed by atoms with van der Waals surface area (Å²) < 4.78 is 13.4. The van der Waals surface area contributed by atoms with Gasteiger partial charge < -0.3 is 10.4 Å². The second kappa shape index (κ2) is 5.91. The van der Waals surface area contributed by atoms with E-state index in [4.69, 9.17) is 0 Å². The Morgan fingerprint density at radius 1 is 1.41 bits per heavy atom. The molecular weight excluding hydrogens is 305 g/mol. The molecule has 1 aromatic carbocycles. The van der Waals surface area contributed by atoms with Gasteiger partial charge in [-0.15, -0.1) is 11.8 Å². The smallest absolute Gasteiger partial charge is 0.310 e. The Morgan fingerprint density at radius 2 is 2.18 bits per heavy atom. The molecule has 2 N–H and O–H groups in total. The highest BCUT2D eigenvalue weighted by molar-refractivity contribution is 7.99. The number of amides is 1. The lowest BCUT2D eigenvalue weighted by molar-refractivity contribution is -0.157. The molecule has 3 rings (SSSR count). The van der Waals surface area contributed by atoms with Crippen molar-refractivity contribution in [1.29, 1.82) is 0 Å². The number of nitrogens with one attached hydrogen (secondary N) is 1. The van der Waals surface area contributed by atoms with Crippen molar-refractivity contribution < 1.29 is 19.1 Å². The number of benzene rings is 1. The summed E-state index contributed by atoms with van der Waals surface area (Å²) in [4.78, 5) is 24.6. The van der Waals surface area contributed by atoms with Crippen molar-refractivity contribution in [1.82, 2.24) is 5.32 Å². The van der Waals surface area contributed by atoms with Crippen molar-refractivity contribution in [3.8, 4) is 0 Å². The minimum Gasteiger partial charge on any atom is -0.481 e. The van der Waals surface area contributed by atoms with E-state index in [-0.39, 0.29) is 24.2 Å². The number of carbonyl (C=O) groups excluding carboxylic acids is 1. The number of carboxylic acid groups (broad SMARTS) is 1. The lowest BCUT2D eigenvalue weighted by Crippen LogP contribution is -2.43. The Labute approximate surface area is 132 Å². The molecule has 0 aromatic heterocycles. The Morgan fingerprint density at radius 3 is 2.82 bits per heavy atom. The van der Waals surface area contributed by atoms with Crippen molar-refractivity contribution in [2.24, 2.45) is 5.41 Å². The molecule has 1 atom stereocenters. The average molecular weight is 323 g/mol. The Hall–Kier alpha value is -1.56. The monoisotopic (exact) mass is 323 g/mol. The topological polar surface area (TPSA) is 66.4 Å². The maximum atomic E-state index is 13.4. The highest BCUT2D eigenvalue weighted by Gasteiger charge is 2.46. The first-order chi connectivity index (χ1) is 10.5. The van der Waals surface area contributed by atoms with E-state index >= 15 is 0 Å². The molecule has 1 aliphatic carbocycles. The van der Waals surface area contributed by atoms with Crippen LogP contribution in [-0.2, 0) is 9.59 Å². The maximum Gasteiger partial charge on any atom is 0.310 e.